The summed E-state index contributed by atoms with van der Waals surface area (Å²) in [6, 6.07) is 0.954. The lowest BCUT2D eigenvalue weighted by atomic mass is 9.89. The van der Waals surface area contributed by atoms with Gasteiger partial charge in [-0.3, -0.25) is 9.69 Å². The van der Waals surface area contributed by atoms with Crippen LogP contribution in [0, 0.1) is 0 Å². The maximum Gasteiger partial charge on any atom is 0.323 e. The molecule has 4 heteroatoms. The second-order valence-corrected chi connectivity index (χ2v) is 6.40. The Kier molecular flexibility index (Phi) is 6.96. The number of likely N-dealkylation sites (tertiary alicyclic amines) is 1. The van der Waals surface area contributed by atoms with Crippen LogP contribution in [0.5, 0.6) is 0 Å². The molecule has 1 aliphatic rings. The van der Waals surface area contributed by atoms with Crippen molar-refractivity contribution in [3.8, 4) is 0 Å². The average molecular weight is 284 g/mol. The smallest absolute Gasteiger partial charge is 0.323 e. The topological polar surface area (TPSA) is 52.6 Å². The van der Waals surface area contributed by atoms with Crippen LogP contribution in [0.2, 0.25) is 0 Å². The Morgan fingerprint density at radius 3 is 2.70 bits per heavy atom. The predicted molar refractivity (Wildman–Crippen MR) is 83.0 cm³/mol. The summed E-state index contributed by atoms with van der Waals surface area (Å²) >= 11 is 0. The van der Waals surface area contributed by atoms with Gasteiger partial charge >= 0.3 is 5.97 Å². The molecule has 1 fully saturated rings. The van der Waals surface area contributed by atoms with Crippen LogP contribution in [0.4, 0.5) is 0 Å². The second kappa shape index (κ2) is 7.99. The van der Waals surface area contributed by atoms with E-state index in [4.69, 9.17) is 0 Å². The van der Waals surface area contributed by atoms with E-state index in [1.165, 1.54) is 32.1 Å². The fourth-order valence-electron chi connectivity index (χ4n) is 3.58. The number of nitrogens with zero attached hydrogens (tertiary/aromatic N) is 1. The molecule has 20 heavy (non-hydrogen) atoms. The molecule has 0 bridgehead atoms. The molecule has 3 atom stereocenters. The summed E-state index contributed by atoms with van der Waals surface area (Å²) in [5.41, 5.74) is -0.817. The number of carboxylic acids is 1. The van der Waals surface area contributed by atoms with Gasteiger partial charge in [0.25, 0.3) is 0 Å². The maximum absolute atomic E-state index is 11.6. The molecular formula is C16H32N2O2. The first-order chi connectivity index (χ1) is 9.44. The van der Waals surface area contributed by atoms with E-state index in [0.717, 1.165) is 6.54 Å². The maximum atomic E-state index is 11.6. The summed E-state index contributed by atoms with van der Waals surface area (Å²) in [6.07, 6.45) is 6.93. The summed E-state index contributed by atoms with van der Waals surface area (Å²) in [5, 5.41) is 12.6. The lowest BCUT2D eigenvalue weighted by Gasteiger charge is -2.42. The normalized spacial score (nSPS) is 25.1. The van der Waals surface area contributed by atoms with E-state index in [1.807, 2.05) is 13.8 Å². The molecule has 0 spiro atoms. The van der Waals surface area contributed by atoms with Gasteiger partial charge < -0.3 is 10.4 Å². The van der Waals surface area contributed by atoms with Gasteiger partial charge in [-0.05, 0) is 52.6 Å². The van der Waals surface area contributed by atoms with Gasteiger partial charge in [0, 0.05) is 12.1 Å². The summed E-state index contributed by atoms with van der Waals surface area (Å²) < 4.78 is 0. The Morgan fingerprint density at radius 1 is 1.45 bits per heavy atom. The number of carbonyl (C=O) groups is 1. The van der Waals surface area contributed by atoms with Gasteiger partial charge in [0.15, 0.2) is 0 Å². The van der Waals surface area contributed by atoms with Gasteiger partial charge in [0.05, 0.1) is 0 Å². The number of rotatable bonds is 8. The lowest BCUT2D eigenvalue weighted by Crippen LogP contribution is -2.55. The van der Waals surface area contributed by atoms with Crippen molar-refractivity contribution in [2.24, 2.45) is 0 Å². The molecule has 0 aromatic carbocycles. The van der Waals surface area contributed by atoms with E-state index < -0.39 is 11.5 Å². The van der Waals surface area contributed by atoms with Crippen molar-refractivity contribution in [3.05, 3.63) is 0 Å². The summed E-state index contributed by atoms with van der Waals surface area (Å²) in [6.45, 7) is 10.0. The number of hydrogen-bond donors (Lipinski definition) is 2. The van der Waals surface area contributed by atoms with Crippen molar-refractivity contribution in [1.82, 2.24) is 10.2 Å². The molecule has 1 saturated heterocycles. The Hall–Kier alpha value is -0.610. The molecule has 118 valence electrons. The fraction of sp³-hybridized carbons (Fsp3) is 0.938. The van der Waals surface area contributed by atoms with Crippen molar-refractivity contribution in [3.63, 3.8) is 0 Å². The molecule has 3 unspecified atom stereocenters. The Morgan fingerprint density at radius 2 is 2.15 bits per heavy atom. The van der Waals surface area contributed by atoms with Crippen LogP contribution in [-0.4, -0.2) is 46.7 Å². The largest absolute Gasteiger partial charge is 0.480 e. The van der Waals surface area contributed by atoms with E-state index in [2.05, 4.69) is 24.1 Å². The SMILES string of the molecule is CCCC1CCCCN1C(C)CC(C)(NCC)C(=O)O. The van der Waals surface area contributed by atoms with Crippen LogP contribution in [0.15, 0.2) is 0 Å². The zero-order valence-electron chi connectivity index (χ0n) is 13.6. The van der Waals surface area contributed by atoms with Crippen LogP contribution in [0.3, 0.4) is 0 Å². The number of aliphatic carboxylic acids is 1. The van der Waals surface area contributed by atoms with E-state index in [0.29, 0.717) is 25.0 Å². The van der Waals surface area contributed by atoms with E-state index in [1.54, 1.807) is 0 Å². The minimum atomic E-state index is -0.817. The summed E-state index contributed by atoms with van der Waals surface area (Å²) in [4.78, 5) is 14.1. The number of likely N-dealkylation sites (N-methyl/N-ethyl adjacent to an activating group) is 1. The van der Waals surface area contributed by atoms with Crippen LogP contribution in [0.25, 0.3) is 0 Å². The van der Waals surface area contributed by atoms with E-state index in [-0.39, 0.29) is 0 Å². The minimum Gasteiger partial charge on any atom is -0.480 e. The standard InChI is InChI=1S/C16H32N2O2/c1-5-9-14-10-7-8-11-18(14)13(3)12-16(4,15(19)20)17-6-2/h13-14,17H,5-12H2,1-4H3,(H,19,20). The highest BCUT2D eigenvalue weighted by Gasteiger charge is 2.37. The first-order valence-corrected chi connectivity index (χ1v) is 8.18. The van der Waals surface area contributed by atoms with Crippen molar-refractivity contribution in [2.45, 2.75) is 83.8 Å². The monoisotopic (exact) mass is 284 g/mol. The molecule has 0 saturated carbocycles. The van der Waals surface area contributed by atoms with E-state index in [9.17, 15) is 9.90 Å². The summed E-state index contributed by atoms with van der Waals surface area (Å²) in [5.74, 6) is -0.741. The van der Waals surface area contributed by atoms with Gasteiger partial charge in [-0.25, -0.2) is 0 Å². The fourth-order valence-corrected chi connectivity index (χ4v) is 3.58. The van der Waals surface area contributed by atoms with Crippen molar-refractivity contribution >= 4 is 5.97 Å². The number of piperidine rings is 1. The first-order valence-electron chi connectivity index (χ1n) is 8.18. The van der Waals surface area contributed by atoms with E-state index >= 15 is 0 Å². The van der Waals surface area contributed by atoms with Crippen molar-refractivity contribution < 1.29 is 9.90 Å². The molecule has 0 amide bonds. The number of hydrogen-bond acceptors (Lipinski definition) is 3. The lowest BCUT2D eigenvalue weighted by molar-refractivity contribution is -0.145. The van der Waals surface area contributed by atoms with Gasteiger partial charge in [0.1, 0.15) is 5.54 Å². The van der Waals surface area contributed by atoms with Gasteiger partial charge in [-0.15, -0.1) is 0 Å². The molecule has 1 heterocycles. The van der Waals surface area contributed by atoms with Crippen LogP contribution >= 0.6 is 0 Å². The second-order valence-electron chi connectivity index (χ2n) is 6.40. The van der Waals surface area contributed by atoms with Crippen LogP contribution in [-0.2, 0) is 4.79 Å². The highest BCUT2D eigenvalue weighted by Crippen LogP contribution is 2.26. The molecule has 0 aromatic rings. The molecule has 2 N–H and O–H groups in total. The predicted octanol–water partition coefficient (Wildman–Crippen LogP) is 2.87. The van der Waals surface area contributed by atoms with Crippen molar-refractivity contribution in [2.75, 3.05) is 13.1 Å². The molecule has 0 aromatic heterocycles. The highest BCUT2D eigenvalue weighted by molar-refractivity contribution is 5.78. The third-order valence-electron chi connectivity index (χ3n) is 4.60. The third kappa shape index (κ3) is 4.45. The highest BCUT2D eigenvalue weighted by atomic mass is 16.4. The Balaban J connectivity index is 2.70. The molecule has 4 nitrogen and oxygen atoms in total. The van der Waals surface area contributed by atoms with Gasteiger partial charge in [0.2, 0.25) is 0 Å². The average Bonchev–Trinajstić information content (AvgIpc) is 2.39. The van der Waals surface area contributed by atoms with Gasteiger partial charge in [-0.2, -0.15) is 0 Å². The zero-order valence-corrected chi connectivity index (χ0v) is 13.6. The molecule has 1 rings (SSSR count). The molecule has 0 radical (unpaired) electrons. The minimum absolute atomic E-state index is 0.312. The number of nitrogens with one attached hydrogen (secondary N) is 1. The van der Waals surface area contributed by atoms with Crippen LogP contribution in [0.1, 0.15) is 66.2 Å². The molecule has 0 aliphatic carbocycles. The van der Waals surface area contributed by atoms with Gasteiger partial charge in [-0.1, -0.05) is 26.7 Å². The summed E-state index contributed by atoms with van der Waals surface area (Å²) in [7, 11) is 0. The Bertz CT molecular complexity index is 307. The third-order valence-corrected chi connectivity index (χ3v) is 4.60. The molecule has 1 aliphatic heterocycles. The molecular weight excluding hydrogens is 252 g/mol. The zero-order chi connectivity index (χ0) is 15.2. The number of carboxylic acid groups (broad SMARTS) is 1. The van der Waals surface area contributed by atoms with Crippen LogP contribution < -0.4 is 5.32 Å². The van der Waals surface area contributed by atoms with Crippen molar-refractivity contribution in [1.29, 1.82) is 0 Å². The Labute approximate surface area is 123 Å². The quantitative estimate of drug-likeness (QED) is 0.719. The first kappa shape index (κ1) is 17.4.